The van der Waals surface area contributed by atoms with Gasteiger partial charge in [-0.15, -0.1) is 0 Å². The second-order valence-electron chi connectivity index (χ2n) is 3.22. The van der Waals surface area contributed by atoms with Crippen LogP contribution >= 0.6 is 11.6 Å². The van der Waals surface area contributed by atoms with Crippen molar-refractivity contribution in [3.05, 3.63) is 35.4 Å². The average molecular weight is 236 g/mol. The van der Waals surface area contributed by atoms with Gasteiger partial charge in [0.1, 0.15) is 17.8 Å². The van der Waals surface area contributed by atoms with Crippen LogP contribution in [0.4, 0.5) is 17.3 Å². The molecule has 6 heteroatoms. The maximum atomic E-state index is 5.78. The van der Waals surface area contributed by atoms with Crippen LogP contribution in [0.25, 0.3) is 0 Å². The largest absolute Gasteiger partial charge is 0.393 e. The number of rotatable bonds is 2. The molecule has 0 spiro atoms. The van der Waals surface area contributed by atoms with E-state index in [2.05, 4.69) is 20.3 Å². The zero-order chi connectivity index (χ0) is 11.5. The van der Waals surface area contributed by atoms with Crippen LogP contribution in [-0.2, 0) is 0 Å². The molecule has 2 heterocycles. The van der Waals surface area contributed by atoms with E-state index in [-0.39, 0.29) is 5.15 Å². The fraction of sp³-hybridized carbons (Fsp3) is 0.100. The number of anilines is 3. The van der Waals surface area contributed by atoms with Crippen LogP contribution in [0.3, 0.4) is 0 Å². The Bertz CT molecular complexity index is 514. The summed E-state index contributed by atoms with van der Waals surface area (Å²) in [4.78, 5) is 12.0. The first-order valence-corrected chi connectivity index (χ1v) is 5.01. The molecule has 0 unspecified atom stereocenters. The molecule has 16 heavy (non-hydrogen) atoms. The Morgan fingerprint density at radius 3 is 2.81 bits per heavy atom. The Kier molecular flexibility index (Phi) is 2.87. The molecule has 0 fully saturated rings. The topological polar surface area (TPSA) is 76.7 Å². The van der Waals surface area contributed by atoms with Crippen LogP contribution in [0.2, 0.25) is 5.15 Å². The predicted octanol–water partition coefficient (Wildman–Crippen LogP) is 2.16. The van der Waals surface area contributed by atoms with Gasteiger partial charge in [0.2, 0.25) is 0 Å². The van der Waals surface area contributed by atoms with E-state index in [9.17, 15) is 0 Å². The molecule has 0 aromatic carbocycles. The van der Waals surface area contributed by atoms with Crippen molar-refractivity contribution in [3.8, 4) is 0 Å². The summed E-state index contributed by atoms with van der Waals surface area (Å²) in [6, 6.07) is 3.80. The molecule has 0 saturated heterocycles. The van der Waals surface area contributed by atoms with Gasteiger partial charge in [0.15, 0.2) is 11.0 Å². The Morgan fingerprint density at radius 1 is 1.25 bits per heavy atom. The van der Waals surface area contributed by atoms with Crippen molar-refractivity contribution in [2.75, 3.05) is 11.1 Å². The first-order valence-electron chi connectivity index (χ1n) is 4.63. The highest BCUT2D eigenvalue weighted by Crippen LogP contribution is 2.25. The quantitative estimate of drug-likeness (QED) is 0.780. The molecular weight excluding hydrogens is 226 g/mol. The third-order valence-electron chi connectivity index (χ3n) is 2.08. The van der Waals surface area contributed by atoms with E-state index in [0.717, 1.165) is 5.56 Å². The van der Waals surface area contributed by atoms with Gasteiger partial charge < -0.3 is 11.1 Å². The SMILES string of the molecule is Cc1cccnc1Nc1ncnc(Cl)c1N. The van der Waals surface area contributed by atoms with Crippen LogP contribution in [0.5, 0.6) is 0 Å². The van der Waals surface area contributed by atoms with Crippen molar-refractivity contribution in [2.24, 2.45) is 0 Å². The van der Waals surface area contributed by atoms with Crippen molar-refractivity contribution in [3.63, 3.8) is 0 Å². The van der Waals surface area contributed by atoms with E-state index < -0.39 is 0 Å². The highest BCUT2D eigenvalue weighted by atomic mass is 35.5. The van der Waals surface area contributed by atoms with Crippen LogP contribution < -0.4 is 11.1 Å². The van der Waals surface area contributed by atoms with Gasteiger partial charge in [-0.25, -0.2) is 15.0 Å². The summed E-state index contributed by atoms with van der Waals surface area (Å²) >= 11 is 5.78. The predicted molar refractivity (Wildman–Crippen MR) is 63.7 cm³/mol. The maximum absolute atomic E-state index is 5.78. The fourth-order valence-corrected chi connectivity index (χ4v) is 1.34. The standard InChI is InChI=1S/C10H10ClN5/c1-6-3-2-4-13-9(6)16-10-7(12)8(11)14-5-15-10/h2-5H,12H2,1H3,(H,13,14,15,16). The molecule has 0 bridgehead atoms. The van der Waals surface area contributed by atoms with Crippen LogP contribution in [0.15, 0.2) is 24.7 Å². The number of halogens is 1. The second-order valence-corrected chi connectivity index (χ2v) is 3.58. The Balaban J connectivity index is 2.35. The molecule has 0 saturated carbocycles. The normalized spacial score (nSPS) is 10.1. The van der Waals surface area contributed by atoms with Crippen LogP contribution in [0.1, 0.15) is 5.56 Å². The minimum Gasteiger partial charge on any atom is -0.393 e. The lowest BCUT2D eigenvalue weighted by Crippen LogP contribution is -2.03. The van der Waals surface area contributed by atoms with Crippen molar-refractivity contribution in [2.45, 2.75) is 6.92 Å². The Labute approximate surface area is 97.7 Å². The van der Waals surface area contributed by atoms with Gasteiger partial charge in [0, 0.05) is 6.20 Å². The highest BCUT2D eigenvalue weighted by Gasteiger charge is 2.07. The van der Waals surface area contributed by atoms with E-state index in [4.69, 9.17) is 17.3 Å². The Morgan fingerprint density at radius 2 is 2.06 bits per heavy atom. The van der Waals surface area contributed by atoms with E-state index in [1.165, 1.54) is 6.33 Å². The molecule has 82 valence electrons. The molecule has 0 aliphatic rings. The van der Waals surface area contributed by atoms with Gasteiger partial charge in [-0.3, -0.25) is 0 Å². The zero-order valence-electron chi connectivity index (χ0n) is 8.61. The summed E-state index contributed by atoms with van der Waals surface area (Å²) in [5, 5.41) is 3.24. The summed E-state index contributed by atoms with van der Waals surface area (Å²) in [6.45, 7) is 1.94. The number of hydrogen-bond donors (Lipinski definition) is 2. The van der Waals surface area contributed by atoms with Crippen molar-refractivity contribution >= 4 is 28.9 Å². The van der Waals surface area contributed by atoms with E-state index in [1.54, 1.807) is 6.20 Å². The molecular formula is C10H10ClN5. The number of hydrogen-bond acceptors (Lipinski definition) is 5. The molecule has 2 aromatic heterocycles. The molecule has 0 radical (unpaired) electrons. The number of nitrogen functional groups attached to an aromatic ring is 1. The smallest absolute Gasteiger partial charge is 0.159 e. The molecule has 2 rings (SSSR count). The molecule has 0 aliphatic heterocycles. The number of pyridine rings is 1. The summed E-state index contributed by atoms with van der Waals surface area (Å²) in [7, 11) is 0. The van der Waals surface area contributed by atoms with Crippen LogP contribution in [0, 0.1) is 6.92 Å². The lowest BCUT2D eigenvalue weighted by atomic mass is 10.3. The zero-order valence-corrected chi connectivity index (χ0v) is 9.36. The van der Waals surface area contributed by atoms with Gasteiger partial charge in [-0.2, -0.15) is 0 Å². The van der Waals surface area contributed by atoms with E-state index >= 15 is 0 Å². The van der Waals surface area contributed by atoms with Gasteiger partial charge >= 0.3 is 0 Å². The molecule has 3 N–H and O–H groups in total. The second kappa shape index (κ2) is 4.32. The maximum Gasteiger partial charge on any atom is 0.159 e. The molecule has 0 atom stereocenters. The lowest BCUT2D eigenvalue weighted by Gasteiger charge is -2.09. The number of aryl methyl sites for hydroxylation is 1. The van der Waals surface area contributed by atoms with Crippen molar-refractivity contribution < 1.29 is 0 Å². The van der Waals surface area contributed by atoms with Crippen molar-refractivity contribution in [1.29, 1.82) is 0 Å². The number of nitrogens with two attached hydrogens (primary N) is 1. The van der Waals surface area contributed by atoms with Gasteiger partial charge in [-0.1, -0.05) is 17.7 Å². The number of aromatic nitrogens is 3. The summed E-state index contributed by atoms with van der Waals surface area (Å²) in [5.41, 5.74) is 7.04. The third-order valence-corrected chi connectivity index (χ3v) is 2.38. The first kappa shape index (κ1) is 10.6. The molecule has 0 aliphatic carbocycles. The van der Waals surface area contributed by atoms with E-state index in [0.29, 0.717) is 17.3 Å². The van der Waals surface area contributed by atoms with Gasteiger partial charge in [0.25, 0.3) is 0 Å². The summed E-state index contributed by atoms with van der Waals surface area (Å²) in [6.07, 6.45) is 3.04. The molecule has 0 amide bonds. The highest BCUT2D eigenvalue weighted by molar-refractivity contribution is 6.32. The van der Waals surface area contributed by atoms with Crippen molar-refractivity contribution in [1.82, 2.24) is 15.0 Å². The monoisotopic (exact) mass is 235 g/mol. The first-order chi connectivity index (χ1) is 7.68. The summed E-state index contributed by atoms with van der Waals surface area (Å²) < 4.78 is 0. The molecule has 2 aromatic rings. The minimum absolute atomic E-state index is 0.228. The van der Waals surface area contributed by atoms with Crippen LogP contribution in [-0.4, -0.2) is 15.0 Å². The number of nitrogens with one attached hydrogen (secondary N) is 1. The van der Waals surface area contributed by atoms with E-state index in [1.807, 2.05) is 19.1 Å². The van der Waals surface area contributed by atoms with Gasteiger partial charge in [0.05, 0.1) is 0 Å². The lowest BCUT2D eigenvalue weighted by molar-refractivity contribution is 1.15. The average Bonchev–Trinajstić information content (AvgIpc) is 2.28. The fourth-order valence-electron chi connectivity index (χ4n) is 1.20. The summed E-state index contributed by atoms with van der Waals surface area (Å²) in [5.74, 6) is 1.16. The molecule has 5 nitrogen and oxygen atoms in total. The third kappa shape index (κ3) is 2.04. The minimum atomic E-state index is 0.228. The number of nitrogens with zero attached hydrogens (tertiary/aromatic N) is 3. The van der Waals surface area contributed by atoms with Gasteiger partial charge in [-0.05, 0) is 18.6 Å². The Hall–Kier alpha value is -1.88.